The van der Waals surface area contributed by atoms with Crippen molar-refractivity contribution < 1.29 is 48.7 Å². The molecule has 11 heteroatoms. The fourth-order valence-electron chi connectivity index (χ4n) is 6.12. The monoisotopic (exact) mass is 537 g/mol. The third-order valence-corrected chi connectivity index (χ3v) is 8.16. The minimum Gasteiger partial charge on any atom is -0.507 e. The lowest BCUT2D eigenvalue weighted by atomic mass is 9.72. The molecule has 39 heavy (non-hydrogen) atoms. The molecular formula is C28H27NO10. The van der Waals surface area contributed by atoms with E-state index < -0.39 is 52.4 Å². The number of phenolic OH excluding ortho intramolecular Hbond substituents is 2. The summed E-state index contributed by atoms with van der Waals surface area (Å²) in [5, 5.41) is 34.2. The Kier molecular flexibility index (Phi) is 5.79. The number of aromatic hydroxyl groups is 2. The summed E-state index contributed by atoms with van der Waals surface area (Å²) in [6, 6.07) is 4.25. The number of aliphatic hydroxyl groups is 1. The van der Waals surface area contributed by atoms with Gasteiger partial charge in [0.05, 0.1) is 42.0 Å². The lowest BCUT2D eigenvalue weighted by Gasteiger charge is -2.41. The van der Waals surface area contributed by atoms with Gasteiger partial charge in [0.15, 0.2) is 24.3 Å². The largest absolute Gasteiger partial charge is 0.507 e. The van der Waals surface area contributed by atoms with Gasteiger partial charge in [-0.05, 0) is 19.9 Å². The van der Waals surface area contributed by atoms with E-state index in [2.05, 4.69) is 4.99 Å². The van der Waals surface area contributed by atoms with E-state index >= 15 is 0 Å². The first-order valence-corrected chi connectivity index (χ1v) is 12.6. The molecule has 2 aromatic rings. The predicted molar refractivity (Wildman–Crippen MR) is 134 cm³/mol. The van der Waals surface area contributed by atoms with Gasteiger partial charge in [-0.3, -0.25) is 19.4 Å². The number of methoxy groups -OCH3 is 1. The molecule has 0 saturated carbocycles. The molecule has 6 atom stereocenters. The first kappa shape index (κ1) is 25.5. The molecule has 1 saturated heterocycles. The normalized spacial score (nSPS) is 30.6. The summed E-state index contributed by atoms with van der Waals surface area (Å²) in [6.07, 6.45) is -1.68. The van der Waals surface area contributed by atoms with Crippen LogP contribution in [0.15, 0.2) is 23.2 Å². The van der Waals surface area contributed by atoms with Crippen LogP contribution >= 0.6 is 0 Å². The quantitative estimate of drug-likeness (QED) is 0.421. The predicted octanol–water partition coefficient (Wildman–Crippen LogP) is 2.14. The van der Waals surface area contributed by atoms with Gasteiger partial charge in [0, 0.05) is 36.0 Å². The molecule has 4 aliphatic rings. The van der Waals surface area contributed by atoms with Gasteiger partial charge in [0.2, 0.25) is 5.78 Å². The van der Waals surface area contributed by atoms with E-state index in [9.17, 15) is 29.7 Å². The van der Waals surface area contributed by atoms with Crippen molar-refractivity contribution in [2.45, 2.75) is 69.4 Å². The summed E-state index contributed by atoms with van der Waals surface area (Å²) < 4.78 is 23.0. The number of hydrogen-bond acceptors (Lipinski definition) is 11. The Balaban J connectivity index is 1.49. The van der Waals surface area contributed by atoms with Gasteiger partial charge in [-0.2, -0.15) is 0 Å². The minimum atomic E-state index is -1.96. The topological polar surface area (TPSA) is 161 Å². The van der Waals surface area contributed by atoms with E-state index in [0.29, 0.717) is 6.42 Å². The number of ketones is 3. The minimum absolute atomic E-state index is 0.00502. The van der Waals surface area contributed by atoms with E-state index in [1.54, 1.807) is 6.92 Å². The summed E-state index contributed by atoms with van der Waals surface area (Å²) in [5.41, 5.74) is -2.80. The standard InChI is InChI=1S/C28H27NO10/c1-11-27-15(29-10-37-27)7-18(38-11)39-17-9-28(35,12(2)30)8-14-20(17)26(34)22-21(24(14)32)23(31)13-5-4-6-16(36-3)19(13)25(22)33/h4-6,10-11,15,17-18,27,32,34-35H,7-9H2,1-3H3/t11-,15-,17-,18?,27+,28-/m0/s1. The molecule has 2 heterocycles. The smallest absolute Gasteiger partial charge is 0.202 e. The Bertz CT molecular complexity index is 1460. The Morgan fingerprint density at radius 2 is 1.87 bits per heavy atom. The lowest BCUT2D eigenvalue weighted by Crippen LogP contribution is -2.48. The lowest BCUT2D eigenvalue weighted by molar-refractivity contribution is -0.241. The Morgan fingerprint density at radius 1 is 1.13 bits per heavy atom. The number of fused-ring (bicyclic) bond motifs is 4. The van der Waals surface area contributed by atoms with Gasteiger partial charge in [-0.1, -0.05) is 12.1 Å². The third kappa shape index (κ3) is 3.68. The van der Waals surface area contributed by atoms with Crippen LogP contribution in [0.1, 0.15) is 75.8 Å². The van der Waals surface area contributed by atoms with Crippen LogP contribution in [0.25, 0.3) is 0 Å². The van der Waals surface area contributed by atoms with Gasteiger partial charge < -0.3 is 34.3 Å². The Hall–Kier alpha value is -3.80. The second-order valence-electron chi connectivity index (χ2n) is 10.4. The second kappa shape index (κ2) is 8.87. The number of hydrogen-bond donors (Lipinski definition) is 3. The molecule has 2 aliphatic heterocycles. The van der Waals surface area contributed by atoms with E-state index in [-0.39, 0.29) is 64.7 Å². The Labute approximate surface area is 223 Å². The third-order valence-electron chi connectivity index (χ3n) is 8.16. The van der Waals surface area contributed by atoms with Crippen LogP contribution in [0.5, 0.6) is 17.2 Å². The highest BCUT2D eigenvalue weighted by Gasteiger charge is 2.50. The SMILES string of the molecule is COc1cccc2c1C(=O)c1c(O)c3c(c(O)c1C2=O)C[C@@](O)(C(C)=O)C[C@@H]3OC1C[C@@H]2N=CO[C@@H]2[C@H](C)O1. The van der Waals surface area contributed by atoms with Gasteiger partial charge in [0.1, 0.15) is 29.0 Å². The van der Waals surface area contributed by atoms with Crippen molar-refractivity contribution in [1.82, 2.24) is 0 Å². The van der Waals surface area contributed by atoms with Crippen LogP contribution in [0.2, 0.25) is 0 Å². The average Bonchev–Trinajstić information content (AvgIpc) is 3.38. The van der Waals surface area contributed by atoms with E-state index in [4.69, 9.17) is 18.9 Å². The van der Waals surface area contributed by atoms with Crippen molar-refractivity contribution in [3.05, 3.63) is 51.6 Å². The van der Waals surface area contributed by atoms with Crippen molar-refractivity contribution in [1.29, 1.82) is 0 Å². The maximum atomic E-state index is 13.7. The summed E-state index contributed by atoms with van der Waals surface area (Å²) >= 11 is 0. The van der Waals surface area contributed by atoms with Crippen molar-refractivity contribution in [3.63, 3.8) is 0 Å². The van der Waals surface area contributed by atoms with Crippen molar-refractivity contribution in [3.8, 4) is 17.2 Å². The molecule has 1 fully saturated rings. The van der Waals surface area contributed by atoms with Crippen LogP contribution in [0.4, 0.5) is 0 Å². The van der Waals surface area contributed by atoms with Crippen LogP contribution in [-0.2, 0) is 25.4 Å². The maximum absolute atomic E-state index is 13.7. The second-order valence-corrected chi connectivity index (χ2v) is 10.4. The van der Waals surface area contributed by atoms with Crippen molar-refractivity contribution >= 4 is 23.8 Å². The zero-order valence-corrected chi connectivity index (χ0v) is 21.5. The van der Waals surface area contributed by atoms with Crippen LogP contribution in [0.3, 0.4) is 0 Å². The summed E-state index contributed by atoms with van der Waals surface area (Å²) in [6.45, 7) is 3.01. The molecule has 6 rings (SSSR count). The van der Waals surface area contributed by atoms with Gasteiger partial charge in [0.25, 0.3) is 0 Å². The number of carbonyl (C=O) groups is 3. The number of nitrogens with zero attached hydrogens (tertiary/aromatic N) is 1. The molecule has 0 bridgehead atoms. The molecule has 0 spiro atoms. The van der Waals surface area contributed by atoms with Crippen LogP contribution in [-0.4, -0.2) is 76.3 Å². The number of aliphatic imine (C=N–C) groups is 1. The molecule has 3 N–H and O–H groups in total. The fourth-order valence-corrected chi connectivity index (χ4v) is 6.12. The van der Waals surface area contributed by atoms with E-state index in [1.807, 2.05) is 0 Å². The summed E-state index contributed by atoms with van der Waals surface area (Å²) in [4.78, 5) is 44.1. The molecule has 2 aliphatic carbocycles. The van der Waals surface area contributed by atoms with Gasteiger partial charge in [-0.15, -0.1) is 0 Å². The molecule has 204 valence electrons. The highest BCUT2D eigenvalue weighted by Crippen LogP contribution is 2.52. The molecule has 2 aromatic carbocycles. The zero-order valence-electron chi connectivity index (χ0n) is 21.5. The zero-order chi connectivity index (χ0) is 27.8. The number of rotatable bonds is 4. The fraction of sp³-hybridized carbons (Fsp3) is 0.429. The van der Waals surface area contributed by atoms with Crippen molar-refractivity contribution in [2.24, 2.45) is 4.99 Å². The average molecular weight is 538 g/mol. The maximum Gasteiger partial charge on any atom is 0.202 e. The Morgan fingerprint density at radius 3 is 2.59 bits per heavy atom. The van der Waals surface area contributed by atoms with Gasteiger partial charge >= 0.3 is 0 Å². The highest BCUT2D eigenvalue weighted by atomic mass is 16.7. The molecule has 0 amide bonds. The number of Topliss-reactive ketones (excluding diaryl/α,β-unsaturated/α-hetero) is 1. The first-order chi connectivity index (χ1) is 18.6. The van der Waals surface area contributed by atoms with Gasteiger partial charge in [-0.25, -0.2) is 0 Å². The van der Waals surface area contributed by atoms with Crippen molar-refractivity contribution in [2.75, 3.05) is 7.11 Å². The van der Waals surface area contributed by atoms with E-state index in [1.165, 1.54) is 38.6 Å². The highest BCUT2D eigenvalue weighted by molar-refractivity contribution is 6.31. The molecule has 1 unspecified atom stereocenters. The number of phenols is 2. The summed E-state index contributed by atoms with van der Waals surface area (Å²) in [7, 11) is 1.36. The number of benzene rings is 2. The molecular weight excluding hydrogens is 510 g/mol. The van der Waals surface area contributed by atoms with Crippen LogP contribution in [0, 0.1) is 0 Å². The van der Waals surface area contributed by atoms with Crippen LogP contribution < -0.4 is 4.74 Å². The molecule has 0 radical (unpaired) electrons. The number of ether oxygens (including phenoxy) is 4. The first-order valence-electron chi connectivity index (χ1n) is 12.6. The van der Waals surface area contributed by atoms with E-state index in [0.717, 1.165) is 0 Å². The summed E-state index contributed by atoms with van der Waals surface area (Å²) in [5.74, 6) is -3.00. The molecule has 11 nitrogen and oxygen atoms in total. The number of carbonyl (C=O) groups excluding carboxylic acids is 3. The molecule has 0 aromatic heterocycles.